The number of carbonyl (C=O) groups is 2. The van der Waals surface area contributed by atoms with Crippen molar-refractivity contribution in [1.82, 2.24) is 5.43 Å². The Balaban J connectivity index is 1.68. The highest BCUT2D eigenvalue weighted by atomic mass is 79.9. The zero-order chi connectivity index (χ0) is 22.1. The number of hydrogen-bond acceptors (Lipinski definition) is 5. The minimum absolute atomic E-state index is 0.310. The van der Waals surface area contributed by atoms with E-state index in [1.165, 1.54) is 19.4 Å². The van der Waals surface area contributed by atoms with Crippen LogP contribution in [0.25, 0.3) is 6.08 Å². The van der Waals surface area contributed by atoms with Crippen molar-refractivity contribution < 1.29 is 19.1 Å². The highest BCUT2D eigenvalue weighted by molar-refractivity contribution is 9.10. The van der Waals surface area contributed by atoms with Crippen molar-refractivity contribution in [3.63, 3.8) is 0 Å². The number of esters is 1. The van der Waals surface area contributed by atoms with Crippen molar-refractivity contribution in [3.8, 4) is 11.5 Å². The number of nitrogens with one attached hydrogen (secondary N) is 1. The van der Waals surface area contributed by atoms with Gasteiger partial charge in [0.05, 0.1) is 13.3 Å². The van der Waals surface area contributed by atoms with Gasteiger partial charge in [-0.2, -0.15) is 5.10 Å². The van der Waals surface area contributed by atoms with Gasteiger partial charge >= 0.3 is 5.97 Å². The van der Waals surface area contributed by atoms with Crippen molar-refractivity contribution in [2.75, 3.05) is 7.11 Å². The van der Waals surface area contributed by atoms with Gasteiger partial charge < -0.3 is 9.47 Å². The standard InChI is InChI=1S/C24H19BrN2O4/c1-30-21-9-5-8-18(15-21)24(29)27-26-16-19-14-20(25)11-12-22(19)31-23(28)13-10-17-6-3-2-4-7-17/h2-16H,1H3,(H,27,29)/b13-10+,26-16-. The average Bonchev–Trinajstić information content (AvgIpc) is 2.80. The van der Waals surface area contributed by atoms with E-state index in [0.29, 0.717) is 22.6 Å². The molecule has 3 rings (SSSR count). The lowest BCUT2D eigenvalue weighted by Gasteiger charge is -2.06. The van der Waals surface area contributed by atoms with Crippen LogP contribution in [0.4, 0.5) is 0 Å². The number of nitrogens with zero attached hydrogens (tertiary/aromatic N) is 1. The number of benzene rings is 3. The number of hydrogen-bond donors (Lipinski definition) is 1. The Labute approximate surface area is 188 Å². The van der Waals surface area contributed by atoms with Crippen LogP contribution in [0.2, 0.25) is 0 Å². The van der Waals surface area contributed by atoms with Crippen LogP contribution in [0.5, 0.6) is 11.5 Å². The second-order valence-corrected chi connectivity index (χ2v) is 7.19. The predicted molar refractivity (Wildman–Crippen MR) is 123 cm³/mol. The Morgan fingerprint density at radius 3 is 2.58 bits per heavy atom. The van der Waals surface area contributed by atoms with Crippen LogP contribution in [0.3, 0.4) is 0 Å². The molecule has 0 spiro atoms. The summed E-state index contributed by atoms with van der Waals surface area (Å²) >= 11 is 3.38. The third-order valence-electron chi connectivity index (χ3n) is 4.10. The number of rotatable bonds is 7. The quantitative estimate of drug-likeness (QED) is 0.173. The molecule has 1 N–H and O–H groups in total. The van der Waals surface area contributed by atoms with Crippen LogP contribution < -0.4 is 14.9 Å². The first-order valence-electron chi connectivity index (χ1n) is 9.27. The molecule has 0 radical (unpaired) electrons. The molecular formula is C24H19BrN2O4. The van der Waals surface area contributed by atoms with Crippen LogP contribution in [0, 0.1) is 0 Å². The molecule has 31 heavy (non-hydrogen) atoms. The first-order chi connectivity index (χ1) is 15.0. The second kappa shape index (κ2) is 10.9. The molecule has 0 saturated carbocycles. The fourth-order valence-corrected chi connectivity index (χ4v) is 2.95. The summed E-state index contributed by atoms with van der Waals surface area (Å²) in [6.45, 7) is 0. The lowest BCUT2D eigenvalue weighted by molar-refractivity contribution is -0.128. The largest absolute Gasteiger partial charge is 0.497 e. The summed E-state index contributed by atoms with van der Waals surface area (Å²) in [7, 11) is 1.53. The Morgan fingerprint density at radius 2 is 1.81 bits per heavy atom. The fraction of sp³-hybridized carbons (Fsp3) is 0.0417. The average molecular weight is 479 g/mol. The summed E-state index contributed by atoms with van der Waals surface area (Å²) in [5.74, 6) is -0.0394. The van der Waals surface area contributed by atoms with E-state index in [2.05, 4.69) is 26.5 Å². The van der Waals surface area contributed by atoms with Crippen LogP contribution in [-0.4, -0.2) is 25.2 Å². The minimum atomic E-state index is -0.527. The Kier molecular flexibility index (Phi) is 7.73. The molecule has 0 aliphatic heterocycles. The maximum absolute atomic E-state index is 12.3. The number of halogens is 1. The highest BCUT2D eigenvalue weighted by Crippen LogP contribution is 2.22. The number of methoxy groups -OCH3 is 1. The third kappa shape index (κ3) is 6.65. The second-order valence-electron chi connectivity index (χ2n) is 6.28. The lowest BCUT2D eigenvalue weighted by Crippen LogP contribution is -2.17. The van der Waals surface area contributed by atoms with Gasteiger partial charge in [0.15, 0.2) is 0 Å². The molecule has 0 saturated heterocycles. The van der Waals surface area contributed by atoms with E-state index < -0.39 is 11.9 Å². The van der Waals surface area contributed by atoms with Gasteiger partial charge in [0, 0.05) is 21.7 Å². The molecule has 7 heteroatoms. The summed E-state index contributed by atoms with van der Waals surface area (Å²) in [4.78, 5) is 24.5. The van der Waals surface area contributed by atoms with E-state index in [1.807, 2.05) is 30.3 Å². The molecule has 0 heterocycles. The van der Waals surface area contributed by atoms with Crippen molar-refractivity contribution in [1.29, 1.82) is 0 Å². The molecule has 3 aromatic carbocycles. The van der Waals surface area contributed by atoms with Crippen molar-refractivity contribution in [3.05, 3.63) is 100 Å². The van der Waals surface area contributed by atoms with Crippen LogP contribution in [-0.2, 0) is 4.79 Å². The van der Waals surface area contributed by atoms with Gasteiger partial charge in [-0.25, -0.2) is 10.2 Å². The summed E-state index contributed by atoms with van der Waals surface area (Å²) in [6.07, 6.45) is 4.43. The Hall–Kier alpha value is -3.71. The SMILES string of the molecule is COc1cccc(C(=O)N/N=C\c2cc(Br)ccc2OC(=O)/C=C/c2ccccc2)c1. The summed E-state index contributed by atoms with van der Waals surface area (Å²) in [5, 5.41) is 3.98. The van der Waals surface area contributed by atoms with Gasteiger partial charge in [0.25, 0.3) is 5.91 Å². The van der Waals surface area contributed by atoms with Gasteiger partial charge in [0.2, 0.25) is 0 Å². The molecule has 1 amide bonds. The third-order valence-corrected chi connectivity index (χ3v) is 4.59. The lowest BCUT2D eigenvalue weighted by atomic mass is 10.2. The summed E-state index contributed by atoms with van der Waals surface area (Å²) < 4.78 is 11.3. The Bertz CT molecular complexity index is 1130. The van der Waals surface area contributed by atoms with Crippen molar-refractivity contribution >= 4 is 40.1 Å². The molecule has 156 valence electrons. The zero-order valence-corrected chi connectivity index (χ0v) is 18.2. The Morgan fingerprint density at radius 1 is 1.00 bits per heavy atom. The van der Waals surface area contributed by atoms with Crippen LogP contribution in [0.1, 0.15) is 21.5 Å². The highest BCUT2D eigenvalue weighted by Gasteiger charge is 2.08. The summed E-state index contributed by atoms with van der Waals surface area (Å²) in [6, 6.07) is 21.3. The number of hydrazone groups is 1. The molecule has 0 aliphatic carbocycles. The monoisotopic (exact) mass is 478 g/mol. The normalized spacial score (nSPS) is 10.9. The molecule has 6 nitrogen and oxygen atoms in total. The minimum Gasteiger partial charge on any atom is -0.497 e. The van der Waals surface area contributed by atoms with Crippen LogP contribution >= 0.6 is 15.9 Å². The summed E-state index contributed by atoms with van der Waals surface area (Å²) in [5.41, 5.74) is 4.26. The van der Waals surface area contributed by atoms with E-state index in [9.17, 15) is 9.59 Å². The molecule has 3 aromatic rings. The van der Waals surface area contributed by atoms with Gasteiger partial charge in [-0.1, -0.05) is 52.3 Å². The van der Waals surface area contributed by atoms with Crippen molar-refractivity contribution in [2.45, 2.75) is 0 Å². The maximum Gasteiger partial charge on any atom is 0.336 e. The number of ether oxygens (including phenoxy) is 2. The molecule has 0 atom stereocenters. The maximum atomic E-state index is 12.3. The molecule has 0 aliphatic rings. The fourth-order valence-electron chi connectivity index (χ4n) is 2.57. The topological polar surface area (TPSA) is 77.0 Å². The number of amides is 1. The molecular weight excluding hydrogens is 460 g/mol. The van der Waals surface area contributed by atoms with E-state index in [-0.39, 0.29) is 0 Å². The van der Waals surface area contributed by atoms with E-state index in [1.54, 1.807) is 48.5 Å². The number of carbonyl (C=O) groups excluding carboxylic acids is 2. The smallest absolute Gasteiger partial charge is 0.336 e. The predicted octanol–water partition coefficient (Wildman–Crippen LogP) is 4.84. The molecule has 0 bridgehead atoms. The molecule has 0 aromatic heterocycles. The van der Waals surface area contributed by atoms with Crippen molar-refractivity contribution in [2.24, 2.45) is 5.10 Å². The van der Waals surface area contributed by atoms with Gasteiger partial charge in [0.1, 0.15) is 11.5 Å². The van der Waals surface area contributed by atoms with Gasteiger partial charge in [-0.15, -0.1) is 0 Å². The van der Waals surface area contributed by atoms with E-state index in [4.69, 9.17) is 9.47 Å². The first-order valence-corrected chi connectivity index (χ1v) is 10.1. The van der Waals surface area contributed by atoms with E-state index in [0.717, 1.165) is 10.0 Å². The van der Waals surface area contributed by atoms with Gasteiger partial charge in [-0.3, -0.25) is 4.79 Å². The van der Waals surface area contributed by atoms with Crippen LogP contribution in [0.15, 0.2) is 88.4 Å². The first kappa shape index (κ1) is 22.0. The zero-order valence-electron chi connectivity index (χ0n) is 16.6. The molecule has 0 fully saturated rings. The van der Waals surface area contributed by atoms with Gasteiger partial charge in [-0.05, 0) is 48.0 Å². The molecule has 0 unspecified atom stereocenters. The van der Waals surface area contributed by atoms with E-state index >= 15 is 0 Å².